The molecule has 0 saturated carbocycles. The lowest BCUT2D eigenvalue weighted by Crippen LogP contribution is -2.36. The summed E-state index contributed by atoms with van der Waals surface area (Å²) in [5.41, 5.74) is 2.22. The summed E-state index contributed by atoms with van der Waals surface area (Å²) in [5.74, 6) is 1.07. The number of carbonyl (C=O) groups is 1. The maximum Gasteiger partial charge on any atom is 0.247 e. The van der Waals surface area contributed by atoms with Gasteiger partial charge in [0.1, 0.15) is 0 Å². The van der Waals surface area contributed by atoms with E-state index in [2.05, 4.69) is 31.1 Å². The SMILES string of the molecule is CSc1nnc2c(n1)OC(c1cc3c(cc1Cl)OCO3)N(C(C)=O)c1ccc(Br)cc1-2. The average molecular weight is 522 g/mol. The molecule has 0 radical (unpaired) electrons. The van der Waals surface area contributed by atoms with Crippen molar-refractivity contribution in [1.82, 2.24) is 15.2 Å². The van der Waals surface area contributed by atoms with Crippen molar-refractivity contribution >= 4 is 50.9 Å². The predicted molar refractivity (Wildman–Crippen MR) is 119 cm³/mol. The minimum Gasteiger partial charge on any atom is -0.454 e. The molecule has 5 rings (SSSR count). The Hall–Kier alpha value is -2.56. The molecule has 1 aromatic heterocycles. The minimum absolute atomic E-state index is 0.102. The Labute approximate surface area is 195 Å². The number of benzene rings is 2. The van der Waals surface area contributed by atoms with E-state index in [0.29, 0.717) is 44.2 Å². The fraction of sp³-hybridized carbons (Fsp3) is 0.200. The number of carbonyl (C=O) groups excluding carboxylic acids is 1. The van der Waals surface area contributed by atoms with Crippen LogP contribution in [-0.4, -0.2) is 34.1 Å². The van der Waals surface area contributed by atoms with Crippen LogP contribution < -0.4 is 19.1 Å². The molecule has 0 bridgehead atoms. The van der Waals surface area contributed by atoms with Crippen molar-refractivity contribution in [3.63, 3.8) is 0 Å². The first-order chi connectivity index (χ1) is 15.0. The van der Waals surface area contributed by atoms with E-state index in [1.54, 1.807) is 12.1 Å². The molecule has 11 heteroatoms. The van der Waals surface area contributed by atoms with Gasteiger partial charge in [-0.15, -0.1) is 10.2 Å². The number of nitrogens with zero attached hydrogens (tertiary/aromatic N) is 4. The highest BCUT2D eigenvalue weighted by atomic mass is 79.9. The van der Waals surface area contributed by atoms with Crippen LogP contribution in [0.1, 0.15) is 18.7 Å². The lowest BCUT2D eigenvalue weighted by atomic mass is 10.1. The Morgan fingerprint density at radius 1 is 1.23 bits per heavy atom. The maximum atomic E-state index is 12.9. The Bertz CT molecular complexity index is 1230. The normalized spacial score (nSPS) is 16.3. The fourth-order valence-corrected chi connectivity index (χ4v) is 4.39. The summed E-state index contributed by atoms with van der Waals surface area (Å²) in [6.07, 6.45) is 0.936. The number of anilines is 1. The number of fused-ring (bicyclic) bond motifs is 4. The van der Waals surface area contributed by atoms with Crippen molar-refractivity contribution in [3.8, 4) is 28.6 Å². The van der Waals surface area contributed by atoms with Gasteiger partial charge < -0.3 is 14.2 Å². The van der Waals surface area contributed by atoms with Crippen molar-refractivity contribution in [2.45, 2.75) is 18.3 Å². The number of hydrogen-bond donors (Lipinski definition) is 0. The number of aromatic nitrogens is 3. The van der Waals surface area contributed by atoms with Gasteiger partial charge in [0.25, 0.3) is 0 Å². The van der Waals surface area contributed by atoms with Crippen LogP contribution in [0.4, 0.5) is 5.69 Å². The fourth-order valence-electron chi connectivity index (χ4n) is 3.49. The zero-order chi connectivity index (χ0) is 21.7. The van der Waals surface area contributed by atoms with Crippen molar-refractivity contribution in [2.24, 2.45) is 0 Å². The van der Waals surface area contributed by atoms with E-state index < -0.39 is 6.23 Å². The Kier molecular flexibility index (Phi) is 5.15. The van der Waals surface area contributed by atoms with Gasteiger partial charge in [0, 0.05) is 28.6 Å². The third kappa shape index (κ3) is 3.48. The van der Waals surface area contributed by atoms with Crippen molar-refractivity contribution in [3.05, 3.63) is 45.4 Å². The van der Waals surface area contributed by atoms with Crippen molar-refractivity contribution in [2.75, 3.05) is 17.9 Å². The van der Waals surface area contributed by atoms with Crippen LogP contribution in [0.25, 0.3) is 11.3 Å². The largest absolute Gasteiger partial charge is 0.454 e. The zero-order valence-electron chi connectivity index (χ0n) is 16.3. The summed E-state index contributed by atoms with van der Waals surface area (Å²) in [6.45, 7) is 1.57. The van der Waals surface area contributed by atoms with Gasteiger partial charge in [-0.2, -0.15) is 4.98 Å². The van der Waals surface area contributed by atoms with Gasteiger partial charge in [-0.05, 0) is 30.5 Å². The second kappa shape index (κ2) is 7.85. The molecule has 1 atom stereocenters. The first-order valence-corrected chi connectivity index (χ1v) is 11.5. The lowest BCUT2D eigenvalue weighted by Gasteiger charge is -2.30. The van der Waals surface area contributed by atoms with Gasteiger partial charge in [-0.25, -0.2) is 0 Å². The van der Waals surface area contributed by atoms with E-state index in [9.17, 15) is 4.79 Å². The standard InChI is InChI=1S/C20H14BrClN4O4S/c1-9(27)26-14-4-3-10(21)5-12(14)17-18(23-20(31-2)25-24-17)30-19(26)11-6-15-16(7-13(11)22)29-8-28-15/h3-7,19H,8H2,1-2H3. The van der Waals surface area contributed by atoms with E-state index in [4.69, 9.17) is 25.8 Å². The van der Waals surface area contributed by atoms with Crippen LogP contribution in [0.3, 0.4) is 0 Å². The highest BCUT2D eigenvalue weighted by molar-refractivity contribution is 9.10. The summed E-state index contributed by atoms with van der Waals surface area (Å²) in [4.78, 5) is 18.9. The number of rotatable bonds is 2. The topological polar surface area (TPSA) is 86.7 Å². The number of ether oxygens (including phenoxy) is 3. The maximum absolute atomic E-state index is 12.9. The number of hydrogen-bond acceptors (Lipinski definition) is 8. The highest BCUT2D eigenvalue weighted by Gasteiger charge is 2.36. The van der Waals surface area contributed by atoms with Gasteiger partial charge in [0.05, 0.1) is 10.7 Å². The number of halogens is 2. The smallest absolute Gasteiger partial charge is 0.247 e. The van der Waals surface area contributed by atoms with Crippen LogP contribution in [0.15, 0.2) is 40.0 Å². The molecular formula is C20H14BrClN4O4S. The van der Waals surface area contributed by atoms with Crippen LogP contribution in [0.5, 0.6) is 17.4 Å². The molecule has 0 fully saturated rings. The molecule has 1 amide bonds. The van der Waals surface area contributed by atoms with Crippen LogP contribution in [0.2, 0.25) is 5.02 Å². The summed E-state index contributed by atoms with van der Waals surface area (Å²) >= 11 is 11.4. The second-order valence-electron chi connectivity index (χ2n) is 6.70. The highest BCUT2D eigenvalue weighted by Crippen LogP contribution is 2.47. The van der Waals surface area contributed by atoms with E-state index in [1.165, 1.54) is 23.6 Å². The molecule has 1 unspecified atom stereocenters. The van der Waals surface area contributed by atoms with Gasteiger partial charge in [0.15, 0.2) is 17.2 Å². The Balaban J connectivity index is 1.77. The third-order valence-corrected chi connectivity index (χ3v) is 6.20. The first kappa shape index (κ1) is 20.3. The molecule has 31 heavy (non-hydrogen) atoms. The van der Waals surface area contributed by atoms with E-state index >= 15 is 0 Å². The molecule has 2 aromatic carbocycles. The number of amides is 1. The molecule has 3 heterocycles. The van der Waals surface area contributed by atoms with Crippen LogP contribution >= 0.6 is 39.3 Å². The first-order valence-electron chi connectivity index (χ1n) is 9.10. The zero-order valence-corrected chi connectivity index (χ0v) is 19.4. The van der Waals surface area contributed by atoms with Crippen LogP contribution in [0, 0.1) is 0 Å². The molecule has 0 saturated heterocycles. The Morgan fingerprint density at radius 3 is 2.74 bits per heavy atom. The molecule has 8 nitrogen and oxygen atoms in total. The summed E-state index contributed by atoms with van der Waals surface area (Å²) in [6, 6.07) is 8.89. The van der Waals surface area contributed by atoms with Gasteiger partial charge >= 0.3 is 0 Å². The lowest BCUT2D eigenvalue weighted by molar-refractivity contribution is -0.118. The molecule has 0 N–H and O–H groups in total. The molecule has 0 spiro atoms. The summed E-state index contributed by atoms with van der Waals surface area (Å²) in [5, 5.41) is 9.31. The molecule has 0 aliphatic carbocycles. The minimum atomic E-state index is -0.910. The molecule has 2 aliphatic rings. The molecular weight excluding hydrogens is 508 g/mol. The van der Waals surface area contributed by atoms with E-state index in [1.807, 2.05) is 24.5 Å². The van der Waals surface area contributed by atoms with Gasteiger partial charge in [-0.1, -0.05) is 39.3 Å². The quantitative estimate of drug-likeness (QED) is 0.443. The Morgan fingerprint density at radius 2 is 2.00 bits per heavy atom. The summed E-state index contributed by atoms with van der Waals surface area (Å²) < 4.78 is 18.0. The van der Waals surface area contributed by atoms with E-state index in [0.717, 1.165) is 4.47 Å². The van der Waals surface area contributed by atoms with E-state index in [-0.39, 0.29) is 18.6 Å². The van der Waals surface area contributed by atoms with Crippen LogP contribution in [-0.2, 0) is 4.79 Å². The second-order valence-corrected chi connectivity index (χ2v) is 8.80. The van der Waals surface area contributed by atoms with Gasteiger partial charge in [-0.3, -0.25) is 9.69 Å². The monoisotopic (exact) mass is 520 g/mol. The number of thioether (sulfide) groups is 1. The van der Waals surface area contributed by atoms with Crippen molar-refractivity contribution < 1.29 is 19.0 Å². The predicted octanol–water partition coefficient (Wildman–Crippen LogP) is 4.85. The molecule has 158 valence electrons. The third-order valence-electron chi connectivity index (χ3n) is 4.85. The average Bonchev–Trinajstić information content (AvgIpc) is 3.14. The van der Waals surface area contributed by atoms with Crippen molar-refractivity contribution in [1.29, 1.82) is 0 Å². The molecule has 2 aliphatic heterocycles. The van der Waals surface area contributed by atoms with Gasteiger partial charge in [0.2, 0.25) is 30.0 Å². The summed E-state index contributed by atoms with van der Waals surface area (Å²) in [7, 11) is 0. The molecule has 3 aromatic rings.